The minimum Gasteiger partial charge on any atom is -0.387 e. The van der Waals surface area contributed by atoms with Crippen LogP contribution in [0.5, 0.6) is 0 Å². The Bertz CT molecular complexity index is 399. The Morgan fingerprint density at radius 1 is 0.950 bits per heavy atom. The first-order valence-electron chi connectivity index (χ1n) is 4.81. The van der Waals surface area contributed by atoms with Gasteiger partial charge in [-0.05, 0) is 0 Å². The minimum atomic E-state index is -5.21. The summed E-state index contributed by atoms with van der Waals surface area (Å²) in [5.41, 5.74) is 0. The highest BCUT2D eigenvalue weighted by molar-refractivity contribution is 7.46. The quantitative estimate of drug-likeness (QED) is 0.164. The maximum atomic E-state index is 10.6. The van der Waals surface area contributed by atoms with Crippen LogP contribution in [0.4, 0.5) is 0 Å². The fourth-order valence-corrected chi connectivity index (χ4v) is 1.92. The van der Waals surface area contributed by atoms with Crippen molar-refractivity contribution >= 4 is 21.9 Å². The molecule has 12 nitrogen and oxygen atoms in total. The molecule has 0 aromatic carbocycles. The van der Waals surface area contributed by atoms with Gasteiger partial charge >= 0.3 is 15.6 Å². The fourth-order valence-electron chi connectivity index (χ4n) is 1.04. The third-order valence-corrected chi connectivity index (χ3v) is 2.93. The average molecular weight is 340 g/mol. The number of aldehydes is 1. The van der Waals surface area contributed by atoms with Crippen molar-refractivity contribution in [1.29, 1.82) is 0 Å². The number of aliphatic hydroxyl groups excluding tert-OH is 3. The maximum Gasteiger partial charge on any atom is 0.470 e. The van der Waals surface area contributed by atoms with Crippen LogP contribution in [0.15, 0.2) is 0 Å². The summed E-state index contributed by atoms with van der Waals surface area (Å²) in [7, 11) is -10.3. The second kappa shape index (κ2) is 7.69. The fraction of sp³-hybridized carbons (Fsp3) is 0.833. The van der Waals surface area contributed by atoms with E-state index in [-0.39, 0.29) is 6.29 Å². The molecule has 0 saturated carbocycles. The predicted molar refractivity (Wildman–Crippen MR) is 59.0 cm³/mol. The number of aliphatic hydroxyl groups is 3. The minimum absolute atomic E-state index is 0.174. The third kappa shape index (κ3) is 8.15. The number of rotatable bonds is 9. The van der Waals surface area contributed by atoms with Crippen LogP contribution in [0.1, 0.15) is 0 Å². The Balaban J connectivity index is 4.95. The van der Waals surface area contributed by atoms with E-state index in [0.29, 0.717) is 0 Å². The monoisotopic (exact) mass is 340 g/mol. The molecule has 0 aromatic rings. The van der Waals surface area contributed by atoms with E-state index in [2.05, 4.69) is 9.05 Å². The zero-order valence-electron chi connectivity index (χ0n) is 9.66. The normalized spacial score (nSPS) is 19.1. The van der Waals surface area contributed by atoms with Gasteiger partial charge in [-0.25, -0.2) is 9.13 Å². The van der Waals surface area contributed by atoms with Gasteiger partial charge in [-0.1, -0.05) is 0 Å². The molecule has 0 heterocycles. The summed E-state index contributed by atoms with van der Waals surface area (Å²) in [4.78, 5) is 44.2. The van der Waals surface area contributed by atoms with Crippen LogP contribution in [-0.4, -0.2) is 72.2 Å². The number of hydrogen-bond acceptors (Lipinski definition) is 8. The van der Waals surface area contributed by atoms with Crippen molar-refractivity contribution in [3.8, 4) is 0 Å². The standard InChI is InChI=1S/C6H14O12P2/c7-1-3(8)5(9)6(10)4(18-20(14,15)16)2-17-19(11,12)13/h1,3-6,8-10H,2H2,(H2,11,12,13)(H2,14,15,16)/t3-,4-,5-,6-/m0/s1. The van der Waals surface area contributed by atoms with E-state index in [1.165, 1.54) is 0 Å². The average Bonchev–Trinajstić information content (AvgIpc) is 2.29. The van der Waals surface area contributed by atoms with Crippen LogP contribution in [0.25, 0.3) is 0 Å². The van der Waals surface area contributed by atoms with E-state index in [1.54, 1.807) is 0 Å². The molecule has 0 rings (SSSR count). The smallest absolute Gasteiger partial charge is 0.387 e. The Morgan fingerprint density at radius 2 is 1.45 bits per heavy atom. The van der Waals surface area contributed by atoms with Crippen LogP contribution in [0.2, 0.25) is 0 Å². The van der Waals surface area contributed by atoms with Crippen molar-refractivity contribution in [1.82, 2.24) is 0 Å². The first-order valence-corrected chi connectivity index (χ1v) is 7.87. The van der Waals surface area contributed by atoms with E-state index in [9.17, 15) is 24.1 Å². The van der Waals surface area contributed by atoms with Crippen molar-refractivity contribution < 1.29 is 57.9 Å². The molecule has 0 aliphatic carbocycles. The second-order valence-corrected chi connectivity index (χ2v) is 5.96. The summed E-state index contributed by atoms with van der Waals surface area (Å²) in [6.07, 6.45) is -8.89. The van der Waals surface area contributed by atoms with E-state index in [1.807, 2.05) is 0 Å². The summed E-state index contributed by atoms with van der Waals surface area (Å²) < 4.78 is 28.9. The van der Waals surface area contributed by atoms with E-state index in [0.717, 1.165) is 0 Å². The highest BCUT2D eigenvalue weighted by Crippen LogP contribution is 2.41. The highest BCUT2D eigenvalue weighted by atomic mass is 31.2. The van der Waals surface area contributed by atoms with Gasteiger partial charge in [0, 0.05) is 0 Å². The molecule has 0 unspecified atom stereocenters. The van der Waals surface area contributed by atoms with Gasteiger partial charge in [0.2, 0.25) is 0 Å². The van der Waals surface area contributed by atoms with E-state index >= 15 is 0 Å². The molecular weight excluding hydrogens is 326 g/mol. The Labute approximate surface area is 112 Å². The Hall–Kier alpha value is -0.230. The molecule has 0 spiro atoms. The molecule has 0 bridgehead atoms. The molecule has 14 heteroatoms. The summed E-state index contributed by atoms with van der Waals surface area (Å²) in [5.74, 6) is 0. The summed E-state index contributed by atoms with van der Waals surface area (Å²) in [6.45, 7) is -1.22. The molecule has 0 fully saturated rings. The van der Waals surface area contributed by atoms with Crippen molar-refractivity contribution in [2.45, 2.75) is 24.4 Å². The van der Waals surface area contributed by atoms with Gasteiger partial charge in [-0.15, -0.1) is 0 Å². The molecule has 0 radical (unpaired) electrons. The van der Waals surface area contributed by atoms with Gasteiger partial charge in [0.15, 0.2) is 6.29 Å². The molecule has 0 aromatic heterocycles. The zero-order chi connectivity index (χ0) is 16.1. The van der Waals surface area contributed by atoms with Gasteiger partial charge < -0.3 is 39.7 Å². The number of phosphoric acid groups is 2. The SMILES string of the molecule is O=C[C@H](O)[C@H](O)[C@@H](O)[C@H](COP(=O)(O)O)OP(=O)(O)O. The van der Waals surface area contributed by atoms with Crippen LogP contribution in [0.3, 0.4) is 0 Å². The number of hydrogen-bond donors (Lipinski definition) is 7. The molecule has 7 N–H and O–H groups in total. The molecule has 0 aliphatic heterocycles. The third-order valence-electron chi connectivity index (χ3n) is 1.90. The van der Waals surface area contributed by atoms with Gasteiger partial charge in [-0.2, -0.15) is 0 Å². The lowest BCUT2D eigenvalue weighted by atomic mass is 10.0. The Kier molecular flexibility index (Phi) is 7.60. The number of carbonyl (C=O) groups is 1. The van der Waals surface area contributed by atoms with E-state index < -0.39 is 46.7 Å². The molecule has 0 aliphatic rings. The largest absolute Gasteiger partial charge is 0.470 e. The van der Waals surface area contributed by atoms with Gasteiger partial charge in [-0.3, -0.25) is 9.05 Å². The molecule has 120 valence electrons. The summed E-state index contributed by atoms with van der Waals surface area (Å²) in [6, 6.07) is 0. The first-order chi connectivity index (χ1) is 8.87. The summed E-state index contributed by atoms with van der Waals surface area (Å²) >= 11 is 0. The second-order valence-electron chi connectivity index (χ2n) is 3.53. The van der Waals surface area contributed by atoms with Crippen molar-refractivity contribution in [3.63, 3.8) is 0 Å². The lowest BCUT2D eigenvalue weighted by Crippen LogP contribution is -2.47. The molecule has 0 saturated heterocycles. The predicted octanol–water partition coefficient (Wildman–Crippen LogP) is -3.14. The molecular formula is C6H14O12P2. The van der Waals surface area contributed by atoms with Crippen molar-refractivity contribution in [2.75, 3.05) is 6.61 Å². The number of phosphoric ester groups is 2. The lowest BCUT2D eigenvalue weighted by Gasteiger charge is -2.27. The Morgan fingerprint density at radius 3 is 1.80 bits per heavy atom. The van der Waals surface area contributed by atoms with Crippen LogP contribution < -0.4 is 0 Å². The van der Waals surface area contributed by atoms with Crippen LogP contribution >= 0.6 is 15.6 Å². The summed E-state index contributed by atoms with van der Waals surface area (Å²) in [5, 5.41) is 27.7. The van der Waals surface area contributed by atoms with Gasteiger partial charge in [0.25, 0.3) is 0 Å². The highest BCUT2D eigenvalue weighted by Gasteiger charge is 2.37. The topological polar surface area (TPSA) is 211 Å². The van der Waals surface area contributed by atoms with Gasteiger partial charge in [0.1, 0.15) is 24.4 Å². The lowest BCUT2D eigenvalue weighted by molar-refractivity contribution is -0.135. The molecule has 20 heavy (non-hydrogen) atoms. The number of carbonyl (C=O) groups excluding carboxylic acids is 1. The van der Waals surface area contributed by atoms with Crippen molar-refractivity contribution in [3.05, 3.63) is 0 Å². The zero-order valence-corrected chi connectivity index (χ0v) is 11.4. The van der Waals surface area contributed by atoms with E-state index in [4.69, 9.17) is 24.7 Å². The molecule has 0 amide bonds. The van der Waals surface area contributed by atoms with Crippen LogP contribution in [-0.2, 0) is 23.0 Å². The van der Waals surface area contributed by atoms with Crippen molar-refractivity contribution in [2.24, 2.45) is 0 Å². The molecule has 4 atom stereocenters. The van der Waals surface area contributed by atoms with Crippen LogP contribution in [0, 0.1) is 0 Å². The maximum absolute atomic E-state index is 10.6. The first kappa shape index (κ1) is 19.8. The van der Waals surface area contributed by atoms with Gasteiger partial charge in [0.05, 0.1) is 6.61 Å².